The average Bonchev–Trinajstić information content (AvgIpc) is 3.63. The van der Waals surface area contributed by atoms with Crippen LogP contribution in [-0.4, -0.2) is 89.5 Å². The lowest BCUT2D eigenvalue weighted by atomic mass is 9.85. The van der Waals surface area contributed by atoms with E-state index in [1.165, 1.54) is 36.0 Å². The fourth-order valence-electron chi connectivity index (χ4n) is 5.20. The zero-order chi connectivity index (χ0) is 36.3. The normalized spacial score (nSPS) is 24.0. The van der Waals surface area contributed by atoms with E-state index in [0.717, 1.165) is 0 Å². The van der Waals surface area contributed by atoms with Gasteiger partial charge in [-0.05, 0) is 31.2 Å². The molecule has 5 atom stereocenters. The third kappa shape index (κ3) is 7.61. The monoisotopic (exact) mass is 721 g/mol. The van der Waals surface area contributed by atoms with Crippen molar-refractivity contribution in [2.45, 2.75) is 64.1 Å². The number of rotatable bonds is 15. The standard InChI is InChI=1S/C32H41FN5O11P/c1-19(2)27(39)47-30-31(15-33,44-17-32(30,48-28(40)20(3)4)25-12-11-24-26(34)35-18-36-38(24)25)16-45-50(42,49-22-9-7-6-8-10-22)37-21(5)29(41)46-23-13-43-14-23/h6-12,18-21,23,30H,13-17H2,1-5H3,(H,37,42)(H2,34,35,36)/t21-,30+,31+,32+,50-/m0/s1. The number of nitrogens with two attached hydrogens (primary N) is 1. The van der Waals surface area contributed by atoms with Crippen LogP contribution in [0.2, 0.25) is 0 Å². The number of esters is 3. The summed E-state index contributed by atoms with van der Waals surface area (Å²) in [5.41, 5.74) is 2.28. The fourth-order valence-corrected chi connectivity index (χ4v) is 6.75. The summed E-state index contributed by atoms with van der Waals surface area (Å²) in [6.07, 6.45) is -1.03. The van der Waals surface area contributed by atoms with Gasteiger partial charge in [-0.15, -0.1) is 0 Å². The van der Waals surface area contributed by atoms with E-state index in [0.29, 0.717) is 5.52 Å². The summed E-state index contributed by atoms with van der Waals surface area (Å²) in [6.45, 7) is 5.34. The van der Waals surface area contributed by atoms with Crippen LogP contribution in [-0.2, 0) is 52.8 Å². The molecule has 2 aliphatic rings. The molecule has 1 aromatic carbocycles. The Kier molecular flexibility index (Phi) is 11.1. The van der Waals surface area contributed by atoms with Crippen molar-refractivity contribution in [2.75, 3.05) is 38.8 Å². The second-order valence-electron chi connectivity index (χ2n) is 12.7. The molecule has 0 unspecified atom stereocenters. The molecule has 3 aromatic rings. The Balaban J connectivity index is 1.55. The van der Waals surface area contributed by atoms with Gasteiger partial charge in [0, 0.05) is 0 Å². The van der Waals surface area contributed by atoms with Gasteiger partial charge in [-0.2, -0.15) is 10.2 Å². The highest BCUT2D eigenvalue weighted by Crippen LogP contribution is 2.51. The molecule has 2 fully saturated rings. The van der Waals surface area contributed by atoms with Crippen molar-refractivity contribution in [2.24, 2.45) is 11.8 Å². The third-order valence-corrected chi connectivity index (χ3v) is 9.74. The van der Waals surface area contributed by atoms with Crippen molar-refractivity contribution >= 4 is 37.0 Å². The zero-order valence-electron chi connectivity index (χ0n) is 28.3. The lowest BCUT2D eigenvalue weighted by molar-refractivity contribution is -0.196. The average molecular weight is 722 g/mol. The third-order valence-electron chi connectivity index (χ3n) is 8.12. The molecule has 0 saturated carbocycles. The Labute approximate surface area is 287 Å². The molecule has 272 valence electrons. The highest BCUT2D eigenvalue weighted by molar-refractivity contribution is 7.52. The van der Waals surface area contributed by atoms with E-state index in [1.54, 1.807) is 52.0 Å². The summed E-state index contributed by atoms with van der Waals surface area (Å²) in [5, 5.41) is 6.81. The van der Waals surface area contributed by atoms with Gasteiger partial charge in [-0.25, -0.2) is 18.5 Å². The van der Waals surface area contributed by atoms with E-state index in [9.17, 15) is 18.9 Å². The molecule has 0 radical (unpaired) electrons. The van der Waals surface area contributed by atoms with Gasteiger partial charge in [0.2, 0.25) is 5.60 Å². The van der Waals surface area contributed by atoms with Crippen LogP contribution < -0.4 is 15.3 Å². The van der Waals surface area contributed by atoms with Crippen LogP contribution in [0.4, 0.5) is 10.2 Å². The lowest BCUT2D eigenvalue weighted by Gasteiger charge is -2.39. The molecule has 0 bridgehead atoms. The first-order valence-corrected chi connectivity index (χ1v) is 17.5. The van der Waals surface area contributed by atoms with Crippen molar-refractivity contribution in [1.82, 2.24) is 19.7 Å². The van der Waals surface area contributed by atoms with E-state index in [-0.39, 0.29) is 30.5 Å². The number of halogens is 1. The predicted octanol–water partition coefficient (Wildman–Crippen LogP) is 3.14. The van der Waals surface area contributed by atoms with Crippen LogP contribution >= 0.6 is 7.75 Å². The van der Waals surface area contributed by atoms with Crippen LogP contribution in [0.3, 0.4) is 0 Å². The van der Waals surface area contributed by atoms with Crippen molar-refractivity contribution in [3.05, 3.63) is 54.5 Å². The predicted molar refractivity (Wildman–Crippen MR) is 173 cm³/mol. The Morgan fingerprint density at radius 1 is 1.04 bits per heavy atom. The van der Waals surface area contributed by atoms with Crippen LogP contribution in [0.15, 0.2) is 48.8 Å². The Hall–Kier alpha value is -4.15. The maximum atomic E-state index is 15.7. The minimum absolute atomic E-state index is 0.0915. The Morgan fingerprint density at radius 2 is 1.74 bits per heavy atom. The number of anilines is 1. The minimum Gasteiger partial charge on any atom is -0.456 e. The molecule has 0 amide bonds. The zero-order valence-corrected chi connectivity index (χ0v) is 29.2. The molecule has 18 heteroatoms. The highest BCUT2D eigenvalue weighted by Gasteiger charge is 2.66. The van der Waals surface area contributed by atoms with Gasteiger partial charge >= 0.3 is 25.7 Å². The molecule has 0 spiro atoms. The second kappa shape index (κ2) is 15.0. The molecule has 2 aliphatic heterocycles. The molecule has 50 heavy (non-hydrogen) atoms. The number of ether oxygens (including phenoxy) is 5. The second-order valence-corrected chi connectivity index (χ2v) is 14.4. The maximum absolute atomic E-state index is 15.7. The Bertz CT molecular complexity index is 1740. The molecule has 2 aromatic heterocycles. The van der Waals surface area contributed by atoms with Crippen LogP contribution in [0.25, 0.3) is 5.52 Å². The first-order valence-electron chi connectivity index (χ1n) is 16.0. The van der Waals surface area contributed by atoms with E-state index >= 15 is 4.39 Å². The summed E-state index contributed by atoms with van der Waals surface area (Å²) < 4.78 is 71.6. The largest absolute Gasteiger partial charge is 0.459 e. The van der Waals surface area contributed by atoms with Crippen LogP contribution in [0, 0.1) is 11.8 Å². The number of nitrogens with one attached hydrogen (secondary N) is 1. The minimum atomic E-state index is -4.58. The molecular formula is C32H41FN5O11P. The molecule has 0 aliphatic carbocycles. The van der Waals surface area contributed by atoms with Crippen molar-refractivity contribution in [3.63, 3.8) is 0 Å². The van der Waals surface area contributed by atoms with E-state index in [1.807, 2.05) is 0 Å². The molecule has 16 nitrogen and oxygen atoms in total. The van der Waals surface area contributed by atoms with Crippen molar-refractivity contribution < 1.29 is 56.1 Å². The van der Waals surface area contributed by atoms with Gasteiger partial charge in [-0.1, -0.05) is 45.9 Å². The van der Waals surface area contributed by atoms with E-state index in [2.05, 4.69) is 15.2 Å². The van der Waals surface area contributed by atoms with Gasteiger partial charge in [0.25, 0.3) is 0 Å². The van der Waals surface area contributed by atoms with Gasteiger partial charge < -0.3 is 33.9 Å². The number of fused-ring (bicyclic) bond motifs is 1. The van der Waals surface area contributed by atoms with E-state index < -0.39 is 86.8 Å². The number of hydrogen-bond acceptors (Lipinski definition) is 14. The van der Waals surface area contributed by atoms with Gasteiger partial charge in [-0.3, -0.25) is 18.9 Å². The molecule has 3 N–H and O–H groups in total. The van der Waals surface area contributed by atoms with Crippen molar-refractivity contribution in [1.29, 1.82) is 0 Å². The number of para-hydroxylation sites is 1. The van der Waals surface area contributed by atoms with Gasteiger partial charge in [0.05, 0.1) is 44.0 Å². The fraction of sp³-hybridized carbons (Fsp3) is 0.531. The molecular weight excluding hydrogens is 680 g/mol. The van der Waals surface area contributed by atoms with Gasteiger partial charge in [0.15, 0.2) is 17.5 Å². The summed E-state index contributed by atoms with van der Waals surface area (Å²) in [7, 11) is -4.58. The number of benzene rings is 1. The highest BCUT2D eigenvalue weighted by atomic mass is 31.2. The molecule has 2 saturated heterocycles. The van der Waals surface area contributed by atoms with Crippen LogP contribution in [0.1, 0.15) is 40.3 Å². The number of aromatic nitrogens is 3. The summed E-state index contributed by atoms with van der Waals surface area (Å²) in [6, 6.07) is 9.79. The Morgan fingerprint density at radius 3 is 2.36 bits per heavy atom. The first-order chi connectivity index (χ1) is 23.7. The van der Waals surface area contributed by atoms with E-state index in [4.69, 9.17) is 38.5 Å². The number of nitrogen functional groups attached to an aromatic ring is 1. The smallest absolute Gasteiger partial charge is 0.456 e. The number of carbonyl (C=O) groups excluding carboxylic acids is 3. The SMILES string of the molecule is CC(C)C(=O)O[C@@H]1[C@@](CF)(CO[P@@](=O)(N[C@@H](C)C(=O)OC2COC2)Oc2ccccc2)OC[C@@]1(OC(=O)C(C)C)c1ccc2c(N)ncnn12. The molecule has 5 rings (SSSR count). The summed E-state index contributed by atoms with van der Waals surface area (Å²) in [4.78, 5) is 43.4. The van der Waals surface area contributed by atoms with Crippen LogP contribution in [0.5, 0.6) is 5.75 Å². The molecule has 4 heterocycles. The summed E-state index contributed by atoms with van der Waals surface area (Å²) in [5.74, 6) is -3.47. The summed E-state index contributed by atoms with van der Waals surface area (Å²) >= 11 is 0. The number of carbonyl (C=O) groups is 3. The maximum Gasteiger partial charge on any atom is 0.459 e. The first kappa shape index (κ1) is 37.1. The number of alkyl halides is 1. The topological polar surface area (TPSA) is 201 Å². The number of nitrogens with zero attached hydrogens (tertiary/aromatic N) is 3. The lowest BCUT2D eigenvalue weighted by Crippen LogP contribution is -2.57. The van der Waals surface area contributed by atoms with Crippen molar-refractivity contribution in [3.8, 4) is 5.75 Å². The number of hydrogen-bond donors (Lipinski definition) is 2. The quantitative estimate of drug-likeness (QED) is 0.132. The van der Waals surface area contributed by atoms with Gasteiger partial charge in [0.1, 0.15) is 36.4 Å².